The molecule has 0 aliphatic carbocycles. The lowest BCUT2D eigenvalue weighted by Crippen LogP contribution is -2.37. The Bertz CT molecular complexity index is 1160. The number of ether oxygens (including phenoxy) is 1. The van der Waals surface area contributed by atoms with E-state index in [2.05, 4.69) is 10.6 Å². The predicted octanol–water partition coefficient (Wildman–Crippen LogP) is 2.27. The zero-order chi connectivity index (χ0) is 22.9. The van der Waals surface area contributed by atoms with Gasteiger partial charge in [0.1, 0.15) is 11.4 Å². The number of carbonyl (C=O) groups is 3. The van der Waals surface area contributed by atoms with Gasteiger partial charge in [-0.1, -0.05) is 48.5 Å². The van der Waals surface area contributed by atoms with Gasteiger partial charge in [0.2, 0.25) is 0 Å². The maximum Gasteiger partial charge on any atom is 0.267 e. The van der Waals surface area contributed by atoms with E-state index in [0.29, 0.717) is 23.5 Å². The molecule has 164 valence electrons. The van der Waals surface area contributed by atoms with E-state index in [1.807, 2.05) is 37.3 Å². The molecule has 0 bridgehead atoms. The van der Waals surface area contributed by atoms with Crippen LogP contribution >= 0.6 is 0 Å². The Morgan fingerprint density at radius 3 is 2.31 bits per heavy atom. The van der Waals surface area contributed by atoms with Crippen molar-refractivity contribution in [2.24, 2.45) is 0 Å². The van der Waals surface area contributed by atoms with E-state index in [4.69, 9.17) is 4.74 Å². The van der Waals surface area contributed by atoms with Gasteiger partial charge in [0.15, 0.2) is 0 Å². The molecule has 2 N–H and O–H groups in total. The number of hydrogen-bond donors (Lipinski definition) is 2. The van der Waals surface area contributed by atoms with Crippen LogP contribution in [0.25, 0.3) is 16.8 Å². The number of carbonyl (C=O) groups excluding carboxylic acids is 3. The lowest BCUT2D eigenvalue weighted by Gasteiger charge is -2.13. The van der Waals surface area contributed by atoms with Gasteiger partial charge in [-0.15, -0.1) is 0 Å². The molecule has 0 fully saturated rings. The Hall–Kier alpha value is -4.13. The van der Waals surface area contributed by atoms with Gasteiger partial charge in [0, 0.05) is 29.9 Å². The molecule has 0 spiro atoms. The highest BCUT2D eigenvalue weighted by molar-refractivity contribution is 6.07. The van der Waals surface area contributed by atoms with E-state index in [0.717, 1.165) is 10.8 Å². The third kappa shape index (κ3) is 5.72. The Balaban J connectivity index is 1.98. The number of carboxylic acid groups (broad SMARTS) is 1. The molecule has 0 aliphatic rings. The van der Waals surface area contributed by atoms with Gasteiger partial charge in [-0.2, -0.15) is 0 Å². The maximum atomic E-state index is 12.8. The van der Waals surface area contributed by atoms with Gasteiger partial charge in [-0.3, -0.25) is 9.59 Å². The Labute approximate surface area is 185 Å². The third-order valence-electron chi connectivity index (χ3n) is 4.66. The second-order valence-corrected chi connectivity index (χ2v) is 6.89. The van der Waals surface area contributed by atoms with Crippen LogP contribution in [0.1, 0.15) is 29.3 Å². The summed E-state index contributed by atoms with van der Waals surface area (Å²) in [7, 11) is 0. The molecule has 7 nitrogen and oxygen atoms in total. The van der Waals surface area contributed by atoms with Gasteiger partial charge in [-0.05, 0) is 42.1 Å². The van der Waals surface area contributed by atoms with Crippen LogP contribution in [0.15, 0.2) is 72.4 Å². The monoisotopic (exact) mass is 431 g/mol. The van der Waals surface area contributed by atoms with Crippen molar-refractivity contribution in [2.45, 2.75) is 13.3 Å². The van der Waals surface area contributed by atoms with Gasteiger partial charge >= 0.3 is 0 Å². The van der Waals surface area contributed by atoms with Crippen molar-refractivity contribution in [1.82, 2.24) is 10.6 Å². The number of carboxylic acids is 1. The minimum atomic E-state index is -1.28. The topological polar surface area (TPSA) is 108 Å². The van der Waals surface area contributed by atoms with E-state index in [1.165, 1.54) is 0 Å². The molecule has 0 heterocycles. The Morgan fingerprint density at radius 1 is 0.938 bits per heavy atom. The molecule has 0 atom stereocenters. The molecule has 0 saturated heterocycles. The first-order chi connectivity index (χ1) is 15.5. The summed E-state index contributed by atoms with van der Waals surface area (Å²) in [6, 6.07) is 19.7. The van der Waals surface area contributed by atoms with Gasteiger partial charge in [0.25, 0.3) is 11.8 Å². The van der Waals surface area contributed by atoms with Crippen molar-refractivity contribution in [3.8, 4) is 5.75 Å². The molecule has 0 aromatic heterocycles. The van der Waals surface area contributed by atoms with Crippen LogP contribution in [0.3, 0.4) is 0 Å². The van der Waals surface area contributed by atoms with Crippen molar-refractivity contribution >= 4 is 34.6 Å². The number of amides is 2. The maximum absolute atomic E-state index is 12.8. The molecule has 3 aromatic rings. The molecule has 0 aliphatic heterocycles. The molecular weight excluding hydrogens is 408 g/mol. The number of aliphatic carboxylic acids is 1. The van der Waals surface area contributed by atoms with Crippen LogP contribution in [0.5, 0.6) is 5.75 Å². The van der Waals surface area contributed by atoms with Crippen LogP contribution in [-0.2, 0) is 9.59 Å². The van der Waals surface area contributed by atoms with Crippen molar-refractivity contribution in [3.05, 3.63) is 83.6 Å². The summed E-state index contributed by atoms with van der Waals surface area (Å²) in [6.07, 6.45) is 1.23. The summed E-state index contributed by atoms with van der Waals surface area (Å²) in [5.41, 5.74) is 1.08. The molecule has 7 heteroatoms. The normalized spacial score (nSPS) is 11.1. The first kappa shape index (κ1) is 22.6. The average molecular weight is 431 g/mol. The van der Waals surface area contributed by atoms with E-state index in [-0.39, 0.29) is 18.7 Å². The fourth-order valence-electron chi connectivity index (χ4n) is 3.17. The SMILES string of the molecule is CCOc1ccc(/C=C(\NC(=O)c2ccccc2)C(=O)NCCC(=O)[O-])c2ccccc12. The molecule has 3 rings (SSSR count). The minimum absolute atomic E-state index is 0.00786. The zero-order valence-corrected chi connectivity index (χ0v) is 17.6. The van der Waals surface area contributed by atoms with Crippen LogP contribution in [0.2, 0.25) is 0 Å². The van der Waals surface area contributed by atoms with Gasteiger partial charge < -0.3 is 25.3 Å². The number of hydrogen-bond acceptors (Lipinski definition) is 5. The highest BCUT2D eigenvalue weighted by atomic mass is 16.5. The molecular formula is C25H23N2O5-. The molecule has 32 heavy (non-hydrogen) atoms. The second kappa shape index (κ2) is 10.8. The fourth-order valence-corrected chi connectivity index (χ4v) is 3.17. The van der Waals surface area contributed by atoms with Crippen molar-refractivity contribution in [1.29, 1.82) is 0 Å². The van der Waals surface area contributed by atoms with Gasteiger partial charge in [0.05, 0.1) is 6.61 Å². The minimum Gasteiger partial charge on any atom is -0.550 e. The third-order valence-corrected chi connectivity index (χ3v) is 4.66. The lowest BCUT2D eigenvalue weighted by atomic mass is 10.0. The summed E-state index contributed by atoms with van der Waals surface area (Å²) >= 11 is 0. The van der Waals surface area contributed by atoms with Crippen LogP contribution in [0.4, 0.5) is 0 Å². The quantitative estimate of drug-likeness (QED) is 0.506. The number of nitrogens with one attached hydrogen (secondary N) is 2. The first-order valence-corrected chi connectivity index (χ1v) is 10.2. The largest absolute Gasteiger partial charge is 0.550 e. The average Bonchev–Trinajstić information content (AvgIpc) is 2.80. The summed E-state index contributed by atoms with van der Waals surface area (Å²) in [5.74, 6) is -1.62. The summed E-state index contributed by atoms with van der Waals surface area (Å²) in [5, 5.41) is 17.5. The predicted molar refractivity (Wildman–Crippen MR) is 120 cm³/mol. The number of fused-ring (bicyclic) bond motifs is 1. The van der Waals surface area contributed by atoms with E-state index in [9.17, 15) is 19.5 Å². The summed E-state index contributed by atoms with van der Waals surface area (Å²) in [4.78, 5) is 36.1. The van der Waals surface area contributed by atoms with E-state index in [1.54, 1.807) is 42.5 Å². The Morgan fingerprint density at radius 2 is 1.62 bits per heavy atom. The van der Waals surface area contributed by atoms with Gasteiger partial charge in [-0.25, -0.2) is 0 Å². The van der Waals surface area contributed by atoms with Crippen LogP contribution in [-0.4, -0.2) is 30.9 Å². The molecule has 3 aromatic carbocycles. The molecule has 2 amide bonds. The number of benzene rings is 3. The van der Waals surface area contributed by atoms with Crippen LogP contribution in [0, 0.1) is 0 Å². The summed E-state index contributed by atoms with van der Waals surface area (Å²) < 4.78 is 5.69. The fraction of sp³-hybridized carbons (Fsp3) is 0.160. The smallest absolute Gasteiger partial charge is 0.267 e. The highest BCUT2D eigenvalue weighted by Gasteiger charge is 2.15. The summed E-state index contributed by atoms with van der Waals surface area (Å²) in [6.45, 7) is 2.29. The van der Waals surface area contributed by atoms with Crippen molar-refractivity contribution < 1.29 is 24.2 Å². The Kier molecular flexibility index (Phi) is 7.59. The molecule has 0 unspecified atom stereocenters. The second-order valence-electron chi connectivity index (χ2n) is 6.89. The highest BCUT2D eigenvalue weighted by Crippen LogP contribution is 2.29. The lowest BCUT2D eigenvalue weighted by molar-refractivity contribution is -0.305. The number of rotatable bonds is 9. The molecule has 0 radical (unpaired) electrons. The first-order valence-electron chi connectivity index (χ1n) is 10.2. The van der Waals surface area contributed by atoms with E-state index >= 15 is 0 Å². The van der Waals surface area contributed by atoms with Crippen LogP contribution < -0.4 is 20.5 Å². The zero-order valence-electron chi connectivity index (χ0n) is 17.6. The van der Waals surface area contributed by atoms with E-state index < -0.39 is 17.8 Å². The standard InChI is InChI=1S/C25H24N2O5/c1-2-32-22-13-12-18(19-10-6-7-11-20(19)22)16-21(25(31)26-15-14-23(28)29)27-24(30)17-8-4-3-5-9-17/h3-13,16H,2,14-15H2,1H3,(H,26,31)(H,27,30)(H,28,29)/p-1/b21-16-. The van der Waals surface area contributed by atoms with Crippen molar-refractivity contribution in [3.63, 3.8) is 0 Å². The van der Waals surface area contributed by atoms with Crippen molar-refractivity contribution in [2.75, 3.05) is 13.2 Å². The molecule has 0 saturated carbocycles.